The zero-order valence-corrected chi connectivity index (χ0v) is 15.2. The van der Waals surface area contributed by atoms with Crippen LogP contribution >= 0.6 is 11.3 Å². The first-order valence-electron chi connectivity index (χ1n) is 8.19. The molecule has 0 N–H and O–H groups in total. The summed E-state index contributed by atoms with van der Waals surface area (Å²) in [5, 5.41) is 2.73. The Morgan fingerprint density at radius 2 is 1.76 bits per heavy atom. The predicted octanol–water partition coefficient (Wildman–Crippen LogP) is 2.05. The van der Waals surface area contributed by atoms with Gasteiger partial charge in [0.15, 0.2) is 0 Å². The van der Waals surface area contributed by atoms with Crippen LogP contribution in [0.1, 0.15) is 28.0 Å². The van der Waals surface area contributed by atoms with Crippen molar-refractivity contribution in [2.45, 2.75) is 13.3 Å². The first-order chi connectivity index (χ1) is 12.1. The molecule has 1 fully saturated rings. The molecule has 1 aliphatic heterocycles. The summed E-state index contributed by atoms with van der Waals surface area (Å²) in [6.45, 7) is 3.85. The molecule has 1 aliphatic rings. The molecule has 0 spiro atoms. The standard InChI is InChI=1S/C18H21N3O3S/c1-13(22)20-7-9-21(10-8-20)18(23)16-12-25-17(19-16)11-14-3-5-15(24-2)6-4-14/h3-6,12H,7-11H2,1-2H3. The van der Waals surface area contributed by atoms with E-state index in [0.29, 0.717) is 38.3 Å². The molecule has 1 saturated heterocycles. The van der Waals surface area contributed by atoms with Gasteiger partial charge in [-0.25, -0.2) is 4.98 Å². The van der Waals surface area contributed by atoms with Gasteiger partial charge in [0.2, 0.25) is 5.91 Å². The number of amides is 2. The van der Waals surface area contributed by atoms with Crippen LogP contribution in [0.2, 0.25) is 0 Å². The lowest BCUT2D eigenvalue weighted by atomic mass is 10.1. The number of piperazine rings is 1. The minimum atomic E-state index is -0.0552. The molecule has 3 rings (SSSR count). The van der Waals surface area contributed by atoms with Crippen LogP contribution in [0.3, 0.4) is 0 Å². The molecule has 0 atom stereocenters. The number of methoxy groups -OCH3 is 1. The quantitative estimate of drug-likeness (QED) is 0.838. The molecule has 6 nitrogen and oxygen atoms in total. The third kappa shape index (κ3) is 4.17. The van der Waals surface area contributed by atoms with E-state index in [1.54, 1.807) is 23.8 Å². The van der Waals surface area contributed by atoms with E-state index >= 15 is 0 Å². The summed E-state index contributed by atoms with van der Waals surface area (Å²) in [6, 6.07) is 7.85. The lowest BCUT2D eigenvalue weighted by Gasteiger charge is -2.33. The molecule has 0 saturated carbocycles. The number of hydrogen-bond donors (Lipinski definition) is 0. The monoisotopic (exact) mass is 359 g/mol. The fourth-order valence-corrected chi connectivity index (χ4v) is 3.60. The maximum absolute atomic E-state index is 12.6. The van der Waals surface area contributed by atoms with Crippen LogP contribution in [0.5, 0.6) is 5.75 Å². The highest BCUT2D eigenvalue weighted by molar-refractivity contribution is 7.09. The molecule has 7 heteroatoms. The fraction of sp³-hybridized carbons (Fsp3) is 0.389. The molecule has 0 unspecified atom stereocenters. The number of carbonyl (C=O) groups is 2. The highest BCUT2D eigenvalue weighted by Gasteiger charge is 2.24. The summed E-state index contributed by atoms with van der Waals surface area (Å²) in [6.07, 6.45) is 0.694. The number of carbonyl (C=O) groups excluding carboxylic acids is 2. The van der Waals surface area contributed by atoms with Gasteiger partial charge in [-0.1, -0.05) is 12.1 Å². The summed E-state index contributed by atoms with van der Waals surface area (Å²) >= 11 is 1.50. The summed E-state index contributed by atoms with van der Waals surface area (Å²) in [4.78, 5) is 32.0. The normalized spacial score (nSPS) is 14.5. The van der Waals surface area contributed by atoms with E-state index in [4.69, 9.17) is 4.74 Å². The van der Waals surface area contributed by atoms with Crippen molar-refractivity contribution in [2.24, 2.45) is 0 Å². The molecule has 0 bridgehead atoms. The van der Waals surface area contributed by atoms with Crippen molar-refractivity contribution in [1.29, 1.82) is 0 Å². The molecule has 2 heterocycles. The Bertz CT molecular complexity index is 749. The highest BCUT2D eigenvalue weighted by atomic mass is 32.1. The third-order valence-corrected chi connectivity index (χ3v) is 5.15. The van der Waals surface area contributed by atoms with Gasteiger partial charge in [-0.05, 0) is 17.7 Å². The molecular weight excluding hydrogens is 338 g/mol. The minimum absolute atomic E-state index is 0.0552. The zero-order chi connectivity index (χ0) is 17.8. The molecule has 2 aromatic rings. The van der Waals surface area contributed by atoms with Gasteiger partial charge in [-0.3, -0.25) is 9.59 Å². The number of aromatic nitrogens is 1. The topological polar surface area (TPSA) is 62.7 Å². The predicted molar refractivity (Wildman–Crippen MR) is 96.1 cm³/mol. The summed E-state index contributed by atoms with van der Waals surface area (Å²) in [5.74, 6) is 0.825. The number of hydrogen-bond acceptors (Lipinski definition) is 5. The van der Waals surface area contributed by atoms with Crippen molar-refractivity contribution in [3.8, 4) is 5.75 Å². The van der Waals surface area contributed by atoms with E-state index in [1.807, 2.05) is 29.6 Å². The molecule has 0 aliphatic carbocycles. The first-order valence-corrected chi connectivity index (χ1v) is 9.07. The average Bonchev–Trinajstić information content (AvgIpc) is 3.10. The van der Waals surface area contributed by atoms with Crippen molar-refractivity contribution < 1.29 is 14.3 Å². The van der Waals surface area contributed by atoms with Gasteiger partial charge < -0.3 is 14.5 Å². The van der Waals surface area contributed by atoms with Gasteiger partial charge in [-0.15, -0.1) is 11.3 Å². The summed E-state index contributed by atoms with van der Waals surface area (Å²) in [5.41, 5.74) is 1.62. The van der Waals surface area contributed by atoms with Crippen molar-refractivity contribution in [2.75, 3.05) is 33.3 Å². The van der Waals surface area contributed by atoms with Crippen molar-refractivity contribution in [1.82, 2.24) is 14.8 Å². The number of ether oxygens (including phenoxy) is 1. The zero-order valence-electron chi connectivity index (χ0n) is 14.4. The Hall–Kier alpha value is -2.41. The lowest BCUT2D eigenvalue weighted by Crippen LogP contribution is -2.50. The van der Waals surface area contributed by atoms with E-state index in [2.05, 4.69) is 4.98 Å². The Morgan fingerprint density at radius 1 is 1.12 bits per heavy atom. The number of thiazole rings is 1. The second-order valence-corrected chi connectivity index (χ2v) is 6.89. The number of nitrogens with zero attached hydrogens (tertiary/aromatic N) is 3. The van der Waals surface area contributed by atoms with Gasteiger partial charge in [0.05, 0.1) is 12.1 Å². The number of rotatable bonds is 4. The van der Waals surface area contributed by atoms with Gasteiger partial charge >= 0.3 is 0 Å². The first kappa shape index (κ1) is 17.4. The molecule has 132 valence electrons. The van der Waals surface area contributed by atoms with Crippen molar-refractivity contribution in [3.05, 3.63) is 45.9 Å². The highest BCUT2D eigenvalue weighted by Crippen LogP contribution is 2.19. The minimum Gasteiger partial charge on any atom is -0.497 e. The summed E-state index contributed by atoms with van der Waals surface area (Å²) in [7, 11) is 1.64. The van der Waals surface area contributed by atoms with Crippen LogP contribution in [0.15, 0.2) is 29.6 Å². The van der Waals surface area contributed by atoms with Gasteiger partial charge in [0.25, 0.3) is 5.91 Å². The van der Waals surface area contributed by atoms with E-state index in [0.717, 1.165) is 16.3 Å². The van der Waals surface area contributed by atoms with E-state index in [-0.39, 0.29) is 11.8 Å². The van der Waals surface area contributed by atoms with Crippen LogP contribution in [0, 0.1) is 0 Å². The Kier molecular flexibility index (Phi) is 5.33. The van der Waals surface area contributed by atoms with E-state index in [1.165, 1.54) is 11.3 Å². The Balaban J connectivity index is 1.60. The Labute approximate surface area is 151 Å². The largest absolute Gasteiger partial charge is 0.497 e. The van der Waals surface area contributed by atoms with Crippen LogP contribution in [-0.2, 0) is 11.2 Å². The van der Waals surface area contributed by atoms with Crippen molar-refractivity contribution >= 4 is 23.2 Å². The fourth-order valence-electron chi connectivity index (χ4n) is 2.79. The second kappa shape index (κ2) is 7.65. The SMILES string of the molecule is COc1ccc(Cc2nc(C(=O)N3CCN(C(C)=O)CC3)cs2)cc1. The molecular formula is C18H21N3O3S. The second-order valence-electron chi connectivity index (χ2n) is 5.95. The Morgan fingerprint density at radius 3 is 2.36 bits per heavy atom. The van der Waals surface area contributed by atoms with Crippen LogP contribution < -0.4 is 4.74 Å². The van der Waals surface area contributed by atoms with E-state index in [9.17, 15) is 9.59 Å². The molecule has 1 aromatic heterocycles. The van der Waals surface area contributed by atoms with Crippen molar-refractivity contribution in [3.63, 3.8) is 0 Å². The van der Waals surface area contributed by atoms with Gasteiger partial charge in [0, 0.05) is 44.9 Å². The third-order valence-electron chi connectivity index (χ3n) is 4.30. The van der Waals surface area contributed by atoms with Crippen LogP contribution in [0.4, 0.5) is 0 Å². The smallest absolute Gasteiger partial charge is 0.273 e. The maximum atomic E-state index is 12.6. The lowest BCUT2D eigenvalue weighted by molar-refractivity contribution is -0.130. The van der Waals surface area contributed by atoms with Gasteiger partial charge in [-0.2, -0.15) is 0 Å². The number of benzene rings is 1. The molecule has 0 radical (unpaired) electrons. The molecule has 25 heavy (non-hydrogen) atoms. The van der Waals surface area contributed by atoms with Gasteiger partial charge in [0.1, 0.15) is 11.4 Å². The maximum Gasteiger partial charge on any atom is 0.273 e. The molecule has 1 aromatic carbocycles. The summed E-state index contributed by atoms with van der Waals surface area (Å²) < 4.78 is 5.16. The molecule has 2 amide bonds. The van der Waals surface area contributed by atoms with Crippen LogP contribution in [-0.4, -0.2) is 59.9 Å². The van der Waals surface area contributed by atoms with E-state index < -0.39 is 0 Å². The average molecular weight is 359 g/mol. The van der Waals surface area contributed by atoms with Crippen LogP contribution in [0.25, 0.3) is 0 Å².